The van der Waals surface area contributed by atoms with Gasteiger partial charge in [0.2, 0.25) is 0 Å². The second-order valence-electron chi connectivity index (χ2n) is 4.93. The van der Waals surface area contributed by atoms with Crippen LogP contribution >= 0.6 is 0 Å². The lowest BCUT2D eigenvalue weighted by Crippen LogP contribution is -2.58. The summed E-state index contributed by atoms with van der Waals surface area (Å²) in [6, 6.07) is 0. The van der Waals surface area contributed by atoms with E-state index in [0.717, 1.165) is 0 Å². The van der Waals surface area contributed by atoms with Crippen molar-refractivity contribution in [3.05, 3.63) is 0 Å². The van der Waals surface area contributed by atoms with Crippen molar-refractivity contribution < 1.29 is 28.6 Å². The minimum Gasteiger partial charge on any atom is -0.458 e. The largest absolute Gasteiger partial charge is 0.458 e. The third-order valence-corrected chi connectivity index (χ3v) is 1.82. The van der Waals surface area contributed by atoms with Crippen LogP contribution in [0.1, 0.15) is 20.8 Å². The number of carbonyl (C=O) groups is 3. The van der Waals surface area contributed by atoms with E-state index in [4.69, 9.17) is 26.7 Å². The summed E-state index contributed by atoms with van der Waals surface area (Å²) in [5, 5.41) is 0. The number of hydrogen-bond donors (Lipinski definition) is 3. The van der Waals surface area contributed by atoms with Crippen LogP contribution in [0.2, 0.25) is 0 Å². The molecule has 0 rings (SSSR count). The van der Waals surface area contributed by atoms with Crippen molar-refractivity contribution in [1.82, 2.24) is 0 Å². The molecule has 6 N–H and O–H groups in total. The van der Waals surface area contributed by atoms with Gasteiger partial charge in [0.25, 0.3) is 5.72 Å². The first-order valence-corrected chi connectivity index (χ1v) is 5.84. The molecule has 0 aliphatic heterocycles. The zero-order valence-electron chi connectivity index (χ0n) is 11.8. The van der Waals surface area contributed by atoms with Crippen LogP contribution in [0.3, 0.4) is 0 Å². The molecule has 0 heterocycles. The van der Waals surface area contributed by atoms with Gasteiger partial charge in [-0.25, -0.2) is 4.79 Å². The fourth-order valence-corrected chi connectivity index (χ4v) is 0.986. The van der Waals surface area contributed by atoms with Gasteiger partial charge in [-0.3, -0.25) is 15.3 Å². The van der Waals surface area contributed by atoms with Crippen LogP contribution in [0.5, 0.6) is 0 Å². The third kappa shape index (κ3) is 6.45. The van der Waals surface area contributed by atoms with Gasteiger partial charge in [-0.05, 0) is 20.8 Å². The van der Waals surface area contributed by atoms with Crippen molar-refractivity contribution in [1.29, 1.82) is 0 Å². The molecular formula is C11H21N3O6. The van der Waals surface area contributed by atoms with E-state index in [-0.39, 0.29) is 0 Å². The van der Waals surface area contributed by atoms with Crippen molar-refractivity contribution in [2.75, 3.05) is 19.7 Å². The summed E-state index contributed by atoms with van der Waals surface area (Å²) >= 11 is 0. The summed E-state index contributed by atoms with van der Waals surface area (Å²) in [5.74, 6) is -2.81. The van der Waals surface area contributed by atoms with Crippen molar-refractivity contribution in [3.63, 3.8) is 0 Å². The molecule has 9 heteroatoms. The second-order valence-corrected chi connectivity index (χ2v) is 4.93. The highest BCUT2D eigenvalue weighted by molar-refractivity contribution is 5.84. The van der Waals surface area contributed by atoms with E-state index in [2.05, 4.69) is 4.74 Å². The molecular weight excluding hydrogens is 270 g/mol. The summed E-state index contributed by atoms with van der Waals surface area (Å²) in [5.41, 5.74) is 12.6. The molecule has 20 heavy (non-hydrogen) atoms. The third-order valence-electron chi connectivity index (χ3n) is 1.82. The second kappa shape index (κ2) is 7.17. The van der Waals surface area contributed by atoms with Crippen LogP contribution in [0, 0.1) is 0 Å². The van der Waals surface area contributed by atoms with E-state index >= 15 is 0 Å². The minimum atomic E-state index is -2.27. The predicted octanol–water partition coefficient (Wildman–Crippen LogP) is -2.01. The molecule has 0 aliphatic carbocycles. The Labute approximate surface area is 116 Å². The molecule has 0 aromatic rings. The van der Waals surface area contributed by atoms with Gasteiger partial charge in [0.1, 0.15) is 5.60 Å². The Morgan fingerprint density at radius 3 is 1.85 bits per heavy atom. The number of nitrogens with two attached hydrogens (primary N) is 3. The maximum absolute atomic E-state index is 11.9. The quantitative estimate of drug-likeness (QED) is 0.285. The molecule has 0 spiro atoms. The zero-order chi connectivity index (χ0) is 16.0. The predicted molar refractivity (Wildman–Crippen MR) is 67.9 cm³/mol. The van der Waals surface area contributed by atoms with E-state index in [1.807, 2.05) is 0 Å². The van der Waals surface area contributed by atoms with E-state index in [1.54, 1.807) is 20.8 Å². The van der Waals surface area contributed by atoms with E-state index in [0.29, 0.717) is 0 Å². The molecule has 0 aliphatic rings. The smallest absolute Gasteiger partial charge is 0.370 e. The zero-order valence-corrected chi connectivity index (χ0v) is 11.8. The average molecular weight is 291 g/mol. The molecule has 0 amide bonds. The first-order chi connectivity index (χ1) is 9.04. The number of hydrogen-bond acceptors (Lipinski definition) is 9. The number of carbonyl (C=O) groups excluding carboxylic acids is 3. The summed E-state index contributed by atoms with van der Waals surface area (Å²) in [6.45, 7) is 3.18. The van der Waals surface area contributed by atoms with Crippen molar-refractivity contribution in [3.8, 4) is 0 Å². The van der Waals surface area contributed by atoms with E-state index in [9.17, 15) is 14.4 Å². The number of esters is 3. The molecule has 0 aromatic carbocycles. The van der Waals surface area contributed by atoms with Gasteiger partial charge in [-0.2, -0.15) is 0 Å². The summed E-state index contributed by atoms with van der Waals surface area (Å²) in [4.78, 5) is 34.2. The maximum atomic E-state index is 11.9. The van der Waals surface area contributed by atoms with Gasteiger partial charge in [-0.1, -0.05) is 0 Å². The van der Waals surface area contributed by atoms with E-state index < -0.39 is 48.9 Å². The Balaban J connectivity index is 4.98. The standard InChI is InChI=1S/C11H21N3O6/c1-10(2,3)20-9(17)11(14,19-8(16)5-13)6-18-7(15)4-12/h4-6,12-14H2,1-3H3. The van der Waals surface area contributed by atoms with Crippen molar-refractivity contribution >= 4 is 17.9 Å². The molecule has 0 fully saturated rings. The fourth-order valence-electron chi connectivity index (χ4n) is 0.986. The van der Waals surface area contributed by atoms with E-state index in [1.165, 1.54) is 0 Å². The van der Waals surface area contributed by atoms with Crippen molar-refractivity contribution in [2.24, 2.45) is 17.2 Å². The summed E-state index contributed by atoms with van der Waals surface area (Å²) < 4.78 is 14.4. The molecule has 0 saturated carbocycles. The summed E-state index contributed by atoms with van der Waals surface area (Å²) in [6.07, 6.45) is 0. The molecule has 116 valence electrons. The monoisotopic (exact) mass is 291 g/mol. The Bertz CT molecular complexity index is 379. The van der Waals surface area contributed by atoms with Gasteiger partial charge in [0.15, 0.2) is 6.61 Å². The van der Waals surface area contributed by atoms with Crippen LogP contribution < -0.4 is 17.2 Å². The molecule has 1 unspecified atom stereocenters. The van der Waals surface area contributed by atoms with Gasteiger partial charge < -0.3 is 25.7 Å². The number of ether oxygens (including phenoxy) is 3. The van der Waals surface area contributed by atoms with Crippen LogP contribution in [0.25, 0.3) is 0 Å². The summed E-state index contributed by atoms with van der Waals surface area (Å²) in [7, 11) is 0. The molecule has 0 saturated heterocycles. The Morgan fingerprint density at radius 1 is 0.950 bits per heavy atom. The van der Waals surface area contributed by atoms with Gasteiger partial charge >= 0.3 is 17.9 Å². The molecule has 0 aromatic heterocycles. The minimum absolute atomic E-state index is 0.408. The topological polar surface area (TPSA) is 157 Å². The highest BCUT2D eigenvalue weighted by Crippen LogP contribution is 2.15. The van der Waals surface area contributed by atoms with Crippen LogP contribution in [-0.2, 0) is 28.6 Å². The maximum Gasteiger partial charge on any atom is 0.370 e. The lowest BCUT2D eigenvalue weighted by Gasteiger charge is -2.30. The Kier molecular flexibility index (Phi) is 6.56. The van der Waals surface area contributed by atoms with Crippen LogP contribution in [0.15, 0.2) is 0 Å². The first-order valence-electron chi connectivity index (χ1n) is 5.84. The lowest BCUT2D eigenvalue weighted by molar-refractivity contribution is -0.197. The molecule has 9 nitrogen and oxygen atoms in total. The number of rotatable bonds is 6. The van der Waals surface area contributed by atoms with Crippen LogP contribution in [-0.4, -0.2) is 48.9 Å². The van der Waals surface area contributed by atoms with Gasteiger partial charge in [0, 0.05) is 0 Å². The lowest BCUT2D eigenvalue weighted by atomic mass is 10.1. The normalized spacial score (nSPS) is 14.1. The highest BCUT2D eigenvalue weighted by atomic mass is 16.6. The fraction of sp³-hybridized carbons (Fsp3) is 0.727. The molecule has 0 radical (unpaired) electrons. The Hall–Kier alpha value is -1.71. The SMILES string of the molecule is CC(C)(C)OC(=O)C(N)(COC(=O)CN)OC(=O)CN. The average Bonchev–Trinajstić information content (AvgIpc) is 2.33. The highest BCUT2D eigenvalue weighted by Gasteiger charge is 2.43. The van der Waals surface area contributed by atoms with Crippen LogP contribution in [0.4, 0.5) is 0 Å². The van der Waals surface area contributed by atoms with Gasteiger partial charge in [0.05, 0.1) is 13.1 Å². The molecule has 0 bridgehead atoms. The van der Waals surface area contributed by atoms with Crippen molar-refractivity contribution in [2.45, 2.75) is 32.1 Å². The molecule has 1 atom stereocenters. The van der Waals surface area contributed by atoms with Gasteiger partial charge in [-0.15, -0.1) is 0 Å². The Morgan fingerprint density at radius 2 is 1.45 bits per heavy atom. The first kappa shape index (κ1) is 18.3.